The van der Waals surface area contributed by atoms with Gasteiger partial charge in [-0.05, 0) is 46.2 Å². The number of aryl methyl sites for hydroxylation is 3. The van der Waals surface area contributed by atoms with Crippen LogP contribution in [0.2, 0.25) is 0 Å². The lowest BCUT2D eigenvalue weighted by Crippen LogP contribution is -2.15. The fourth-order valence-corrected chi connectivity index (χ4v) is 3.73. The van der Waals surface area contributed by atoms with Gasteiger partial charge in [-0.2, -0.15) is 0 Å². The van der Waals surface area contributed by atoms with Crippen molar-refractivity contribution in [2.75, 3.05) is 6.61 Å². The molecule has 0 aliphatic heterocycles. The Kier molecular flexibility index (Phi) is 5.06. The molecular formula is C17H21NO4S. The Hall–Kier alpha value is -1.92. The largest absolute Gasteiger partial charge is 0.453 e. The van der Waals surface area contributed by atoms with Crippen molar-refractivity contribution in [1.82, 2.24) is 4.98 Å². The Bertz CT molecular complexity index is 755. The lowest BCUT2D eigenvalue weighted by Gasteiger charge is -2.06. The van der Waals surface area contributed by atoms with E-state index in [1.165, 1.54) is 0 Å². The number of esters is 1. The third-order valence-corrected chi connectivity index (χ3v) is 4.76. The number of aliphatic hydroxyl groups excluding tert-OH is 1. The molecule has 0 fully saturated rings. The van der Waals surface area contributed by atoms with Gasteiger partial charge in [-0.15, -0.1) is 11.3 Å². The Balaban J connectivity index is 2.10. The number of hydrogen-bond donors (Lipinski definition) is 2. The predicted octanol–water partition coefficient (Wildman–Crippen LogP) is 3.40. The molecule has 1 atom stereocenters. The van der Waals surface area contributed by atoms with Crippen molar-refractivity contribution in [2.45, 2.75) is 40.7 Å². The van der Waals surface area contributed by atoms with Crippen LogP contribution >= 0.6 is 11.3 Å². The first-order valence-electron chi connectivity index (χ1n) is 7.36. The summed E-state index contributed by atoms with van der Waals surface area (Å²) in [6.07, 6.45) is -0.675. The number of aromatic amines is 1. The molecular weight excluding hydrogens is 314 g/mol. The topological polar surface area (TPSA) is 79.4 Å². The third-order valence-electron chi connectivity index (χ3n) is 3.79. The van der Waals surface area contributed by atoms with Crippen LogP contribution in [0.4, 0.5) is 0 Å². The number of ketones is 1. The fraction of sp³-hybridized carbons (Fsp3) is 0.412. The lowest BCUT2D eigenvalue weighted by molar-refractivity contribution is 0.0468. The minimum atomic E-state index is -0.675. The number of rotatable bonds is 5. The molecule has 23 heavy (non-hydrogen) atoms. The number of carbonyl (C=O) groups is 2. The quantitative estimate of drug-likeness (QED) is 0.648. The van der Waals surface area contributed by atoms with Crippen LogP contribution in [-0.4, -0.2) is 28.4 Å². The maximum absolute atomic E-state index is 12.2. The summed E-state index contributed by atoms with van der Waals surface area (Å²) in [5, 5.41) is 9.76. The van der Waals surface area contributed by atoms with Crippen molar-refractivity contribution in [3.63, 3.8) is 0 Å². The number of nitrogens with one attached hydrogen (secondary N) is 1. The molecule has 0 spiro atoms. The van der Waals surface area contributed by atoms with Gasteiger partial charge in [0.25, 0.3) is 0 Å². The Morgan fingerprint density at radius 1 is 1.30 bits per heavy atom. The number of Topliss-reactive ketones (excluding diaryl/α,β-unsaturated/α-hetero) is 1. The van der Waals surface area contributed by atoms with Crippen LogP contribution in [0.3, 0.4) is 0 Å². The molecule has 0 unspecified atom stereocenters. The monoisotopic (exact) mass is 335 g/mol. The molecule has 0 aliphatic rings. The molecule has 0 aromatic carbocycles. The van der Waals surface area contributed by atoms with E-state index >= 15 is 0 Å². The molecule has 0 saturated heterocycles. The van der Waals surface area contributed by atoms with Crippen LogP contribution in [0.15, 0.2) is 6.07 Å². The number of carbonyl (C=O) groups excluding carboxylic acids is 2. The molecule has 2 rings (SSSR count). The number of aromatic nitrogens is 1. The first kappa shape index (κ1) is 17.4. The number of aliphatic hydroxyl groups is 1. The summed E-state index contributed by atoms with van der Waals surface area (Å²) in [6, 6.07) is 1.81. The number of H-pyrrole nitrogens is 1. The Morgan fingerprint density at radius 2 is 1.96 bits per heavy atom. The second kappa shape index (κ2) is 6.68. The number of ether oxygens (including phenoxy) is 1. The number of hydrogen-bond acceptors (Lipinski definition) is 5. The van der Waals surface area contributed by atoms with Crippen LogP contribution in [0.5, 0.6) is 0 Å². The zero-order valence-corrected chi connectivity index (χ0v) is 14.8. The van der Waals surface area contributed by atoms with E-state index in [-0.39, 0.29) is 18.1 Å². The summed E-state index contributed by atoms with van der Waals surface area (Å²) < 4.78 is 5.14. The molecule has 0 aliphatic carbocycles. The summed E-state index contributed by atoms with van der Waals surface area (Å²) in [5.74, 6) is -0.799. The van der Waals surface area contributed by atoms with Gasteiger partial charge in [-0.1, -0.05) is 0 Å². The average Bonchev–Trinajstić information content (AvgIpc) is 2.94. The van der Waals surface area contributed by atoms with Gasteiger partial charge in [0, 0.05) is 26.6 Å². The second-order valence-corrected chi connectivity index (χ2v) is 7.13. The molecule has 2 N–H and O–H groups in total. The van der Waals surface area contributed by atoms with E-state index < -0.39 is 12.1 Å². The summed E-state index contributed by atoms with van der Waals surface area (Å²) in [7, 11) is 0. The molecule has 124 valence electrons. The second-order valence-electron chi connectivity index (χ2n) is 5.67. The van der Waals surface area contributed by atoms with E-state index in [0.29, 0.717) is 16.7 Å². The van der Waals surface area contributed by atoms with E-state index in [1.54, 1.807) is 32.1 Å². The van der Waals surface area contributed by atoms with Gasteiger partial charge in [-0.25, -0.2) is 4.79 Å². The van der Waals surface area contributed by atoms with Crippen LogP contribution in [0.25, 0.3) is 0 Å². The lowest BCUT2D eigenvalue weighted by atomic mass is 10.1. The summed E-state index contributed by atoms with van der Waals surface area (Å²) in [5.41, 5.74) is 2.94. The van der Waals surface area contributed by atoms with E-state index in [4.69, 9.17) is 4.74 Å². The molecule has 6 heteroatoms. The van der Waals surface area contributed by atoms with E-state index in [9.17, 15) is 14.7 Å². The molecule has 0 amide bonds. The highest BCUT2D eigenvalue weighted by Gasteiger charge is 2.22. The molecule has 0 bridgehead atoms. The van der Waals surface area contributed by atoms with Gasteiger partial charge in [-0.3, -0.25) is 4.79 Å². The van der Waals surface area contributed by atoms with Gasteiger partial charge in [0.05, 0.1) is 6.10 Å². The third kappa shape index (κ3) is 3.54. The molecule has 2 heterocycles. The SMILES string of the molecule is Cc1cc(C(=O)COC(=O)c2[nH]c(C)c([C@@H](C)O)c2C)c(C)s1. The molecule has 0 saturated carbocycles. The fourth-order valence-electron chi connectivity index (χ4n) is 2.78. The van der Waals surface area contributed by atoms with E-state index in [1.807, 2.05) is 19.9 Å². The standard InChI is InChI=1S/C17H21NO4S/c1-8-6-13(12(5)23-8)14(20)7-22-17(21)16-9(2)15(11(4)19)10(3)18-16/h6,11,18-19H,7H2,1-5H3/t11-/m1/s1. The normalized spacial score (nSPS) is 12.3. The van der Waals surface area contributed by atoms with Gasteiger partial charge < -0.3 is 14.8 Å². The summed E-state index contributed by atoms with van der Waals surface area (Å²) >= 11 is 1.54. The van der Waals surface area contributed by atoms with Crippen molar-refractivity contribution in [3.05, 3.63) is 43.9 Å². The molecule has 2 aromatic heterocycles. The summed E-state index contributed by atoms with van der Waals surface area (Å²) in [6.45, 7) is 8.69. The van der Waals surface area contributed by atoms with E-state index in [0.717, 1.165) is 15.4 Å². The highest BCUT2D eigenvalue weighted by Crippen LogP contribution is 2.25. The van der Waals surface area contributed by atoms with Crippen LogP contribution in [0.1, 0.15) is 60.4 Å². The molecule has 2 aromatic rings. The maximum Gasteiger partial charge on any atom is 0.355 e. The van der Waals surface area contributed by atoms with Gasteiger partial charge in [0.1, 0.15) is 5.69 Å². The van der Waals surface area contributed by atoms with Crippen molar-refractivity contribution in [1.29, 1.82) is 0 Å². The Labute approximate surface area is 139 Å². The van der Waals surface area contributed by atoms with E-state index in [2.05, 4.69) is 4.98 Å². The maximum atomic E-state index is 12.2. The highest BCUT2D eigenvalue weighted by atomic mass is 32.1. The minimum Gasteiger partial charge on any atom is -0.453 e. The average molecular weight is 335 g/mol. The van der Waals surface area contributed by atoms with Crippen molar-refractivity contribution in [3.8, 4) is 0 Å². The van der Waals surface area contributed by atoms with Crippen LogP contribution < -0.4 is 0 Å². The first-order chi connectivity index (χ1) is 10.7. The summed E-state index contributed by atoms with van der Waals surface area (Å²) in [4.78, 5) is 29.3. The minimum absolute atomic E-state index is 0.211. The number of thiophene rings is 1. The zero-order chi connectivity index (χ0) is 17.3. The Morgan fingerprint density at radius 3 is 2.43 bits per heavy atom. The van der Waals surface area contributed by atoms with Crippen LogP contribution in [0, 0.1) is 27.7 Å². The van der Waals surface area contributed by atoms with Crippen molar-refractivity contribution >= 4 is 23.1 Å². The molecule has 5 nitrogen and oxygen atoms in total. The van der Waals surface area contributed by atoms with Crippen molar-refractivity contribution in [2.24, 2.45) is 0 Å². The van der Waals surface area contributed by atoms with Gasteiger partial charge in [0.2, 0.25) is 5.78 Å². The van der Waals surface area contributed by atoms with Gasteiger partial charge >= 0.3 is 5.97 Å². The first-order valence-corrected chi connectivity index (χ1v) is 8.18. The smallest absolute Gasteiger partial charge is 0.355 e. The molecule has 0 radical (unpaired) electrons. The van der Waals surface area contributed by atoms with Crippen LogP contribution in [-0.2, 0) is 4.74 Å². The zero-order valence-electron chi connectivity index (χ0n) is 13.9. The predicted molar refractivity (Wildman–Crippen MR) is 89.3 cm³/mol. The van der Waals surface area contributed by atoms with Gasteiger partial charge in [0.15, 0.2) is 6.61 Å². The van der Waals surface area contributed by atoms with Crippen molar-refractivity contribution < 1.29 is 19.4 Å². The highest BCUT2D eigenvalue weighted by molar-refractivity contribution is 7.12.